The lowest BCUT2D eigenvalue weighted by Crippen LogP contribution is -2.29. The Balaban J connectivity index is 2.54. The summed E-state index contributed by atoms with van der Waals surface area (Å²) in [4.78, 5) is 30.4. The van der Waals surface area contributed by atoms with E-state index in [1.165, 1.54) is 16.3 Å². The summed E-state index contributed by atoms with van der Waals surface area (Å²) in [6.07, 6.45) is 2.53. The maximum absolute atomic E-state index is 12.0. The highest BCUT2D eigenvalue weighted by Crippen LogP contribution is 2.23. The highest BCUT2D eigenvalue weighted by molar-refractivity contribution is 7.99. The van der Waals surface area contributed by atoms with Gasteiger partial charge in [-0.05, 0) is 13.3 Å². The third-order valence-corrected chi connectivity index (χ3v) is 4.26. The van der Waals surface area contributed by atoms with Crippen LogP contribution in [0.5, 0.6) is 0 Å². The fourth-order valence-corrected chi connectivity index (χ4v) is 3.30. The van der Waals surface area contributed by atoms with Gasteiger partial charge in [-0.1, -0.05) is 17.8 Å². The number of nitrogens with zero attached hydrogens (tertiary/aromatic N) is 3. The van der Waals surface area contributed by atoms with Gasteiger partial charge in [-0.15, -0.1) is 18.2 Å². The predicted octanol–water partition coefficient (Wildman–Crippen LogP) is 1.72. The van der Waals surface area contributed by atoms with Crippen LogP contribution in [0.15, 0.2) is 27.4 Å². The molecule has 8 heteroatoms. The van der Waals surface area contributed by atoms with Crippen molar-refractivity contribution in [2.75, 3.05) is 5.75 Å². The Morgan fingerprint density at radius 1 is 1.52 bits per heavy atom. The zero-order valence-corrected chi connectivity index (χ0v) is 13.5. The second kappa shape index (κ2) is 6.53. The van der Waals surface area contributed by atoms with Crippen molar-refractivity contribution in [2.24, 2.45) is 7.05 Å². The number of alkyl halides is 1. The van der Waals surface area contributed by atoms with E-state index in [4.69, 9.17) is 11.6 Å². The van der Waals surface area contributed by atoms with Gasteiger partial charge in [-0.2, -0.15) is 0 Å². The number of aryl methyl sites for hydroxylation is 1. The number of hydrogen-bond donors (Lipinski definition) is 1. The molecular weight excluding hydrogens is 312 g/mol. The van der Waals surface area contributed by atoms with Crippen LogP contribution in [0.3, 0.4) is 0 Å². The van der Waals surface area contributed by atoms with Crippen molar-refractivity contribution in [2.45, 2.75) is 30.4 Å². The number of fused-ring (bicyclic) bond motifs is 1. The molecule has 6 nitrogen and oxygen atoms in total. The quantitative estimate of drug-likeness (QED) is 0.498. The molecule has 0 aliphatic heterocycles. The number of aromatic amines is 1. The van der Waals surface area contributed by atoms with Crippen molar-refractivity contribution in [1.82, 2.24) is 19.1 Å². The van der Waals surface area contributed by atoms with Crippen molar-refractivity contribution < 1.29 is 0 Å². The SMILES string of the molecule is C=CCn1c(SCC[C@@H](C)Cl)nc2c1c(=O)[nH]c(=O)n2C. The summed E-state index contributed by atoms with van der Waals surface area (Å²) in [6, 6.07) is 0. The first-order valence-corrected chi connectivity index (χ1v) is 7.95. The molecule has 0 aromatic carbocycles. The van der Waals surface area contributed by atoms with E-state index >= 15 is 0 Å². The minimum Gasteiger partial charge on any atom is -0.309 e. The number of halogens is 1. The van der Waals surface area contributed by atoms with Gasteiger partial charge in [0.15, 0.2) is 16.3 Å². The lowest BCUT2D eigenvalue weighted by Gasteiger charge is -2.06. The standard InChI is InChI=1S/C13H17ClN4O2S/c1-4-6-18-9-10(17(3)12(20)16-11(9)19)15-13(18)21-7-5-8(2)14/h4,8H,1,5-7H2,2-3H3,(H,16,19,20)/t8-/m1/s1. The predicted molar refractivity (Wildman–Crippen MR) is 86.4 cm³/mol. The number of hydrogen-bond acceptors (Lipinski definition) is 4. The van der Waals surface area contributed by atoms with Crippen LogP contribution in [0, 0.1) is 0 Å². The molecule has 0 aliphatic rings. The minimum absolute atomic E-state index is 0.0856. The summed E-state index contributed by atoms with van der Waals surface area (Å²) in [7, 11) is 1.58. The van der Waals surface area contributed by atoms with Crippen LogP contribution in [-0.2, 0) is 13.6 Å². The summed E-state index contributed by atoms with van der Waals surface area (Å²) < 4.78 is 3.11. The fraction of sp³-hybridized carbons (Fsp3) is 0.462. The van der Waals surface area contributed by atoms with Crippen molar-refractivity contribution in [1.29, 1.82) is 0 Å². The molecule has 0 amide bonds. The molecule has 0 saturated heterocycles. The number of thioether (sulfide) groups is 1. The third kappa shape index (κ3) is 3.24. The van der Waals surface area contributed by atoms with E-state index in [1.807, 2.05) is 6.92 Å². The van der Waals surface area contributed by atoms with Gasteiger partial charge < -0.3 is 4.57 Å². The number of imidazole rings is 1. The molecule has 0 unspecified atom stereocenters. The van der Waals surface area contributed by atoms with Crippen molar-refractivity contribution in [3.63, 3.8) is 0 Å². The molecule has 0 saturated carbocycles. The molecule has 0 spiro atoms. The average Bonchev–Trinajstić information content (AvgIpc) is 2.76. The first kappa shape index (κ1) is 15.9. The summed E-state index contributed by atoms with van der Waals surface area (Å²) in [5.74, 6) is 0.789. The van der Waals surface area contributed by atoms with Gasteiger partial charge in [0.2, 0.25) is 0 Å². The fourth-order valence-electron chi connectivity index (χ4n) is 1.94. The Labute approximate surface area is 130 Å². The Morgan fingerprint density at radius 2 is 2.24 bits per heavy atom. The summed E-state index contributed by atoms with van der Waals surface area (Å²) in [5.41, 5.74) is -0.132. The third-order valence-electron chi connectivity index (χ3n) is 3.03. The first-order chi connectivity index (χ1) is 9.95. The Kier molecular flexibility index (Phi) is 4.95. The molecule has 0 radical (unpaired) electrons. The maximum Gasteiger partial charge on any atom is 0.329 e. The highest BCUT2D eigenvalue weighted by atomic mass is 35.5. The summed E-state index contributed by atoms with van der Waals surface area (Å²) in [5, 5.41) is 0.774. The zero-order chi connectivity index (χ0) is 15.6. The lowest BCUT2D eigenvalue weighted by molar-refractivity contribution is 0.744. The van der Waals surface area contributed by atoms with Gasteiger partial charge >= 0.3 is 5.69 Å². The van der Waals surface area contributed by atoms with Gasteiger partial charge in [-0.25, -0.2) is 9.78 Å². The molecule has 2 aromatic heterocycles. The second-order valence-electron chi connectivity index (χ2n) is 4.70. The van der Waals surface area contributed by atoms with Gasteiger partial charge in [0.25, 0.3) is 5.56 Å². The van der Waals surface area contributed by atoms with E-state index in [0.717, 1.165) is 12.2 Å². The zero-order valence-electron chi connectivity index (χ0n) is 11.9. The van der Waals surface area contributed by atoms with Crippen molar-refractivity contribution >= 4 is 34.5 Å². The molecule has 1 atom stereocenters. The van der Waals surface area contributed by atoms with Crippen LogP contribution in [0.4, 0.5) is 0 Å². The number of allylic oxidation sites excluding steroid dienone is 1. The maximum atomic E-state index is 12.0. The number of nitrogens with one attached hydrogen (secondary N) is 1. The molecule has 0 fully saturated rings. The van der Waals surface area contributed by atoms with Crippen molar-refractivity contribution in [3.8, 4) is 0 Å². The largest absolute Gasteiger partial charge is 0.329 e. The topological polar surface area (TPSA) is 72.7 Å². The first-order valence-electron chi connectivity index (χ1n) is 6.53. The second-order valence-corrected chi connectivity index (χ2v) is 6.51. The molecule has 2 aromatic rings. The van der Waals surface area contributed by atoms with E-state index in [2.05, 4.69) is 16.5 Å². The van der Waals surface area contributed by atoms with Crippen LogP contribution in [0.25, 0.3) is 11.2 Å². The molecule has 21 heavy (non-hydrogen) atoms. The Morgan fingerprint density at radius 3 is 2.86 bits per heavy atom. The van der Waals surface area contributed by atoms with Crippen molar-refractivity contribution in [3.05, 3.63) is 33.5 Å². The average molecular weight is 329 g/mol. The lowest BCUT2D eigenvalue weighted by atomic mass is 10.4. The van der Waals surface area contributed by atoms with Crippen LogP contribution in [0.1, 0.15) is 13.3 Å². The molecule has 0 bridgehead atoms. The van der Waals surface area contributed by atoms with Gasteiger partial charge in [-0.3, -0.25) is 14.3 Å². The van der Waals surface area contributed by atoms with Gasteiger partial charge in [0.1, 0.15) is 0 Å². The van der Waals surface area contributed by atoms with Crippen LogP contribution < -0.4 is 11.2 Å². The highest BCUT2D eigenvalue weighted by Gasteiger charge is 2.16. The number of H-pyrrole nitrogens is 1. The van der Waals surface area contributed by atoms with Crippen LogP contribution in [0.2, 0.25) is 0 Å². The molecule has 2 rings (SSSR count). The van der Waals surface area contributed by atoms with E-state index in [-0.39, 0.29) is 5.38 Å². The summed E-state index contributed by atoms with van der Waals surface area (Å²) in [6.45, 7) is 6.09. The van der Waals surface area contributed by atoms with Gasteiger partial charge in [0.05, 0.1) is 0 Å². The van der Waals surface area contributed by atoms with Crippen LogP contribution in [-0.4, -0.2) is 30.2 Å². The number of aromatic nitrogens is 4. The molecule has 1 N–H and O–H groups in total. The normalized spacial score (nSPS) is 12.7. The van der Waals surface area contributed by atoms with Gasteiger partial charge in [0, 0.05) is 24.7 Å². The smallest absolute Gasteiger partial charge is 0.309 e. The molecule has 0 aliphatic carbocycles. The molecule has 2 heterocycles. The minimum atomic E-state index is -0.471. The van der Waals surface area contributed by atoms with E-state index in [1.54, 1.807) is 17.7 Å². The Hall–Kier alpha value is -1.47. The monoisotopic (exact) mass is 328 g/mol. The molecule has 114 valence electrons. The summed E-state index contributed by atoms with van der Waals surface area (Å²) >= 11 is 7.45. The Bertz CT molecular complexity index is 775. The van der Waals surface area contributed by atoms with E-state index in [0.29, 0.717) is 22.9 Å². The van der Waals surface area contributed by atoms with Crippen LogP contribution >= 0.6 is 23.4 Å². The van der Waals surface area contributed by atoms with E-state index in [9.17, 15) is 9.59 Å². The van der Waals surface area contributed by atoms with E-state index < -0.39 is 11.2 Å². The number of rotatable bonds is 6. The molecular formula is C13H17ClN4O2S.